The van der Waals surface area contributed by atoms with Gasteiger partial charge in [0.25, 0.3) is 5.91 Å². The number of benzene rings is 1. The fraction of sp³-hybridized carbons (Fsp3) is 0.579. The molecule has 1 N–H and O–H groups in total. The first-order valence-corrected chi connectivity index (χ1v) is 10.9. The Balaban J connectivity index is 2.23. The fourth-order valence-corrected chi connectivity index (χ4v) is 4.03. The van der Waals surface area contributed by atoms with Crippen molar-refractivity contribution >= 4 is 27.6 Å². The zero-order valence-corrected chi connectivity index (χ0v) is 18.1. The summed E-state index contributed by atoms with van der Waals surface area (Å²) in [4.78, 5) is 26.7. The number of esters is 1. The van der Waals surface area contributed by atoms with Gasteiger partial charge in [-0.05, 0) is 38.0 Å². The van der Waals surface area contributed by atoms with E-state index in [0.29, 0.717) is 12.3 Å². The number of carbonyl (C=O) groups is 2. The number of hydrogen-bond acceptors (Lipinski definition) is 7. The van der Waals surface area contributed by atoms with E-state index in [2.05, 4.69) is 5.32 Å². The van der Waals surface area contributed by atoms with Crippen LogP contribution in [0.15, 0.2) is 23.1 Å². The van der Waals surface area contributed by atoms with Crippen molar-refractivity contribution in [2.24, 2.45) is 0 Å². The zero-order valence-electron chi connectivity index (χ0n) is 17.3. The molecule has 1 aromatic rings. The van der Waals surface area contributed by atoms with Crippen LogP contribution in [-0.4, -0.2) is 78.1 Å². The van der Waals surface area contributed by atoms with Gasteiger partial charge in [-0.15, -0.1) is 0 Å². The van der Waals surface area contributed by atoms with Gasteiger partial charge < -0.3 is 19.7 Å². The van der Waals surface area contributed by atoms with Gasteiger partial charge in [-0.3, -0.25) is 4.79 Å². The Bertz CT molecular complexity index is 834. The van der Waals surface area contributed by atoms with E-state index >= 15 is 0 Å². The van der Waals surface area contributed by atoms with Gasteiger partial charge in [0.15, 0.2) is 6.61 Å². The molecular formula is C19H29N3O6S. The summed E-state index contributed by atoms with van der Waals surface area (Å²) in [7, 11) is 0.660. The number of ether oxygens (including phenoxy) is 2. The maximum atomic E-state index is 12.7. The Morgan fingerprint density at radius 1 is 1.24 bits per heavy atom. The molecule has 0 aliphatic carbocycles. The summed E-state index contributed by atoms with van der Waals surface area (Å²) in [5.41, 5.74) is 0.742. The average Bonchev–Trinajstić information content (AvgIpc) is 3.20. The molecule has 0 spiro atoms. The van der Waals surface area contributed by atoms with Crippen molar-refractivity contribution in [3.63, 3.8) is 0 Å². The number of anilines is 1. The number of amides is 1. The highest BCUT2D eigenvalue weighted by atomic mass is 32.2. The summed E-state index contributed by atoms with van der Waals surface area (Å²) in [6, 6.07) is 4.20. The minimum absolute atomic E-state index is 0.00411. The number of nitrogens with one attached hydrogen (secondary N) is 1. The number of nitrogens with zero attached hydrogens (tertiary/aromatic N) is 2. The quantitative estimate of drug-likeness (QED) is 0.582. The molecule has 2 rings (SSSR count). The molecule has 1 atom stereocenters. The first-order chi connectivity index (χ1) is 13.7. The lowest BCUT2D eigenvalue weighted by Crippen LogP contribution is -2.38. The van der Waals surface area contributed by atoms with Crippen molar-refractivity contribution in [1.29, 1.82) is 0 Å². The standard InChI is InChI=1S/C19H29N3O6S/c1-14(12-27-4)20-18(23)13-28-19(24)16-11-15(29(25,26)21(2)3)7-8-17(16)22-9-5-6-10-22/h7-8,11,14H,5-6,9-10,12-13H2,1-4H3,(H,20,23). The van der Waals surface area contributed by atoms with Crippen LogP contribution >= 0.6 is 0 Å². The SMILES string of the molecule is COCC(C)NC(=O)COC(=O)c1cc(S(=O)(=O)N(C)C)ccc1N1CCCC1. The molecule has 0 radical (unpaired) electrons. The number of carbonyl (C=O) groups excluding carboxylic acids is 2. The molecule has 1 aliphatic heterocycles. The molecule has 1 fully saturated rings. The molecule has 10 heteroatoms. The van der Waals surface area contributed by atoms with E-state index in [1.165, 1.54) is 33.3 Å². The first-order valence-electron chi connectivity index (χ1n) is 9.43. The molecule has 1 aromatic carbocycles. The summed E-state index contributed by atoms with van der Waals surface area (Å²) >= 11 is 0. The molecule has 1 amide bonds. The molecule has 162 valence electrons. The Kier molecular flexibility index (Phi) is 8.00. The highest BCUT2D eigenvalue weighted by Gasteiger charge is 2.25. The molecule has 0 aromatic heterocycles. The van der Waals surface area contributed by atoms with Crippen LogP contribution in [0.1, 0.15) is 30.1 Å². The third-order valence-corrected chi connectivity index (χ3v) is 6.38. The van der Waals surface area contributed by atoms with Gasteiger partial charge in [-0.25, -0.2) is 17.5 Å². The zero-order chi connectivity index (χ0) is 21.6. The normalized spacial score (nSPS) is 15.4. The number of methoxy groups -OCH3 is 1. The second-order valence-electron chi connectivity index (χ2n) is 7.16. The number of hydrogen-bond donors (Lipinski definition) is 1. The van der Waals surface area contributed by atoms with E-state index in [1.54, 1.807) is 13.0 Å². The second kappa shape index (κ2) is 10.0. The molecule has 1 unspecified atom stereocenters. The number of rotatable bonds is 9. The van der Waals surface area contributed by atoms with Crippen LogP contribution in [0.2, 0.25) is 0 Å². The van der Waals surface area contributed by atoms with Crippen LogP contribution < -0.4 is 10.2 Å². The second-order valence-corrected chi connectivity index (χ2v) is 9.31. The Morgan fingerprint density at radius 2 is 1.90 bits per heavy atom. The van der Waals surface area contributed by atoms with Crippen LogP contribution in [0.25, 0.3) is 0 Å². The molecule has 9 nitrogen and oxygen atoms in total. The van der Waals surface area contributed by atoms with Crippen molar-refractivity contribution in [1.82, 2.24) is 9.62 Å². The lowest BCUT2D eigenvalue weighted by molar-refractivity contribution is -0.125. The molecule has 29 heavy (non-hydrogen) atoms. The third-order valence-electron chi connectivity index (χ3n) is 4.57. The molecule has 1 saturated heterocycles. The van der Waals surface area contributed by atoms with Crippen LogP contribution in [0, 0.1) is 0 Å². The summed E-state index contributed by atoms with van der Waals surface area (Å²) in [5, 5.41) is 2.65. The van der Waals surface area contributed by atoms with Gasteiger partial charge in [0.05, 0.1) is 22.8 Å². The predicted molar refractivity (Wildman–Crippen MR) is 109 cm³/mol. The van der Waals surface area contributed by atoms with E-state index in [9.17, 15) is 18.0 Å². The Hall–Kier alpha value is -2.17. The van der Waals surface area contributed by atoms with Gasteiger partial charge in [-0.2, -0.15) is 0 Å². The Labute approximate surface area is 172 Å². The largest absolute Gasteiger partial charge is 0.452 e. The lowest BCUT2D eigenvalue weighted by atomic mass is 10.1. The maximum Gasteiger partial charge on any atom is 0.340 e. The summed E-state index contributed by atoms with van der Waals surface area (Å²) in [5.74, 6) is -1.19. The van der Waals surface area contributed by atoms with E-state index < -0.39 is 28.5 Å². The minimum Gasteiger partial charge on any atom is -0.452 e. The molecular weight excluding hydrogens is 398 g/mol. The van der Waals surface area contributed by atoms with Gasteiger partial charge >= 0.3 is 5.97 Å². The van der Waals surface area contributed by atoms with Gasteiger partial charge in [-0.1, -0.05) is 0 Å². The van der Waals surface area contributed by atoms with E-state index in [0.717, 1.165) is 30.2 Å². The number of sulfonamides is 1. The minimum atomic E-state index is -3.71. The van der Waals surface area contributed by atoms with E-state index in [1.807, 2.05) is 4.90 Å². The van der Waals surface area contributed by atoms with Crippen molar-refractivity contribution in [3.05, 3.63) is 23.8 Å². The van der Waals surface area contributed by atoms with Gasteiger partial charge in [0, 0.05) is 40.3 Å². The summed E-state index contributed by atoms with van der Waals surface area (Å²) in [6.07, 6.45) is 1.98. The van der Waals surface area contributed by atoms with E-state index in [-0.39, 0.29) is 16.5 Å². The van der Waals surface area contributed by atoms with Crippen molar-refractivity contribution < 1.29 is 27.5 Å². The predicted octanol–water partition coefficient (Wildman–Crippen LogP) is 0.845. The summed E-state index contributed by atoms with van der Waals surface area (Å²) < 4.78 is 36.1. The van der Waals surface area contributed by atoms with Crippen LogP contribution in [0.4, 0.5) is 5.69 Å². The van der Waals surface area contributed by atoms with Crippen molar-refractivity contribution in [2.45, 2.75) is 30.7 Å². The topological polar surface area (TPSA) is 105 Å². The van der Waals surface area contributed by atoms with Gasteiger partial charge in [0.2, 0.25) is 10.0 Å². The van der Waals surface area contributed by atoms with Crippen molar-refractivity contribution in [3.8, 4) is 0 Å². The molecule has 1 heterocycles. The van der Waals surface area contributed by atoms with Crippen LogP contribution in [-0.2, 0) is 24.3 Å². The fourth-order valence-electron chi connectivity index (χ4n) is 3.10. The van der Waals surface area contributed by atoms with Crippen LogP contribution in [0.5, 0.6) is 0 Å². The lowest BCUT2D eigenvalue weighted by Gasteiger charge is -2.22. The molecule has 1 aliphatic rings. The molecule has 0 saturated carbocycles. The highest BCUT2D eigenvalue weighted by Crippen LogP contribution is 2.28. The van der Waals surface area contributed by atoms with Gasteiger partial charge in [0.1, 0.15) is 0 Å². The monoisotopic (exact) mass is 427 g/mol. The summed E-state index contributed by atoms with van der Waals surface area (Å²) in [6.45, 7) is 3.19. The van der Waals surface area contributed by atoms with E-state index in [4.69, 9.17) is 9.47 Å². The highest BCUT2D eigenvalue weighted by molar-refractivity contribution is 7.89. The van der Waals surface area contributed by atoms with Crippen LogP contribution in [0.3, 0.4) is 0 Å². The third kappa shape index (κ3) is 5.91. The van der Waals surface area contributed by atoms with Crippen molar-refractivity contribution in [2.75, 3.05) is 52.4 Å². The maximum absolute atomic E-state index is 12.7. The average molecular weight is 428 g/mol. The molecule has 0 bridgehead atoms. The Morgan fingerprint density at radius 3 is 2.48 bits per heavy atom. The first kappa shape index (κ1) is 23.1. The smallest absolute Gasteiger partial charge is 0.340 e.